The first-order valence-corrected chi connectivity index (χ1v) is 7.24. The lowest BCUT2D eigenvalue weighted by molar-refractivity contribution is -0.133. The molecule has 3 rings (SSSR count). The molecule has 0 spiro atoms. The molecular formula is C15H22ClN3O. The Morgan fingerprint density at radius 2 is 2.35 bits per heavy atom. The number of carbonyl (C=O) groups excluding carboxylic acids is 1. The molecule has 0 radical (unpaired) electrons. The summed E-state index contributed by atoms with van der Waals surface area (Å²) in [6.07, 6.45) is 7.69. The number of amides is 1. The number of rotatable bonds is 3. The molecule has 4 nitrogen and oxygen atoms in total. The summed E-state index contributed by atoms with van der Waals surface area (Å²) in [5.41, 5.74) is 1.18. The summed E-state index contributed by atoms with van der Waals surface area (Å²) in [4.78, 5) is 18.7. The van der Waals surface area contributed by atoms with Crippen molar-refractivity contribution in [1.82, 2.24) is 15.2 Å². The average molecular weight is 296 g/mol. The van der Waals surface area contributed by atoms with Crippen LogP contribution in [0.25, 0.3) is 0 Å². The van der Waals surface area contributed by atoms with E-state index in [1.54, 1.807) is 6.20 Å². The molecule has 2 aliphatic heterocycles. The van der Waals surface area contributed by atoms with Gasteiger partial charge in [0, 0.05) is 25.4 Å². The van der Waals surface area contributed by atoms with Crippen LogP contribution in [-0.2, 0) is 4.79 Å². The fraction of sp³-hybridized carbons (Fsp3) is 0.600. The third-order valence-corrected chi connectivity index (χ3v) is 4.27. The second kappa shape index (κ2) is 7.04. The van der Waals surface area contributed by atoms with Crippen LogP contribution in [0.3, 0.4) is 0 Å². The fourth-order valence-corrected chi connectivity index (χ4v) is 3.24. The molecule has 2 unspecified atom stereocenters. The van der Waals surface area contributed by atoms with Gasteiger partial charge in [0.2, 0.25) is 5.91 Å². The van der Waals surface area contributed by atoms with Gasteiger partial charge in [-0.05, 0) is 49.9 Å². The summed E-state index contributed by atoms with van der Waals surface area (Å²) in [6.45, 7) is 2.96. The van der Waals surface area contributed by atoms with Crippen LogP contribution in [0.2, 0.25) is 0 Å². The lowest BCUT2D eigenvalue weighted by Crippen LogP contribution is -2.32. The second-order valence-corrected chi connectivity index (χ2v) is 5.59. The molecule has 1 N–H and O–H groups in total. The van der Waals surface area contributed by atoms with Gasteiger partial charge in [0.25, 0.3) is 0 Å². The van der Waals surface area contributed by atoms with E-state index in [0.717, 1.165) is 38.9 Å². The quantitative estimate of drug-likeness (QED) is 0.929. The molecular weight excluding hydrogens is 274 g/mol. The van der Waals surface area contributed by atoms with E-state index in [2.05, 4.69) is 21.3 Å². The monoisotopic (exact) mass is 295 g/mol. The van der Waals surface area contributed by atoms with Crippen LogP contribution in [0.5, 0.6) is 0 Å². The lowest BCUT2D eigenvalue weighted by Gasteiger charge is -2.26. The van der Waals surface area contributed by atoms with Crippen LogP contribution in [-0.4, -0.2) is 35.4 Å². The summed E-state index contributed by atoms with van der Waals surface area (Å²) in [5.74, 6) is 0.850. The van der Waals surface area contributed by atoms with Gasteiger partial charge in [-0.25, -0.2) is 0 Å². The molecule has 0 aliphatic carbocycles. The van der Waals surface area contributed by atoms with Crippen LogP contribution < -0.4 is 5.32 Å². The molecule has 5 heteroatoms. The maximum Gasteiger partial charge on any atom is 0.223 e. The van der Waals surface area contributed by atoms with E-state index in [1.165, 1.54) is 5.56 Å². The van der Waals surface area contributed by atoms with Gasteiger partial charge >= 0.3 is 0 Å². The lowest BCUT2D eigenvalue weighted by atomic mass is 10.0. The maximum absolute atomic E-state index is 12.5. The second-order valence-electron chi connectivity index (χ2n) is 5.59. The predicted molar refractivity (Wildman–Crippen MR) is 80.8 cm³/mol. The molecule has 1 amide bonds. The molecule has 3 heterocycles. The molecule has 0 aromatic carbocycles. The van der Waals surface area contributed by atoms with Crippen molar-refractivity contribution in [2.45, 2.75) is 31.7 Å². The van der Waals surface area contributed by atoms with Crippen molar-refractivity contribution in [2.24, 2.45) is 5.92 Å². The third kappa shape index (κ3) is 3.30. The maximum atomic E-state index is 12.5. The van der Waals surface area contributed by atoms with E-state index in [0.29, 0.717) is 18.2 Å². The number of pyridine rings is 1. The van der Waals surface area contributed by atoms with E-state index in [1.807, 2.05) is 12.3 Å². The number of aromatic nitrogens is 1. The van der Waals surface area contributed by atoms with Crippen molar-refractivity contribution in [2.75, 3.05) is 19.6 Å². The molecule has 1 aromatic heterocycles. The highest BCUT2D eigenvalue weighted by Gasteiger charge is 2.31. The fourth-order valence-electron chi connectivity index (χ4n) is 3.24. The normalized spacial score (nSPS) is 25.5. The van der Waals surface area contributed by atoms with Gasteiger partial charge in [0.05, 0.1) is 6.04 Å². The van der Waals surface area contributed by atoms with Crippen molar-refractivity contribution in [3.63, 3.8) is 0 Å². The number of nitrogens with one attached hydrogen (secondary N) is 1. The van der Waals surface area contributed by atoms with Crippen molar-refractivity contribution >= 4 is 18.3 Å². The van der Waals surface area contributed by atoms with Crippen molar-refractivity contribution < 1.29 is 4.79 Å². The van der Waals surface area contributed by atoms with Gasteiger partial charge in [-0.2, -0.15) is 0 Å². The minimum Gasteiger partial charge on any atom is -0.336 e. The molecule has 2 atom stereocenters. The zero-order valence-electron chi connectivity index (χ0n) is 11.6. The zero-order valence-corrected chi connectivity index (χ0v) is 12.4. The SMILES string of the molecule is Cl.O=C(CC1CCNC1)N1CCCC1c1cccnc1. The molecule has 1 aromatic rings. The van der Waals surface area contributed by atoms with Crippen molar-refractivity contribution in [3.05, 3.63) is 30.1 Å². The summed E-state index contributed by atoms with van der Waals surface area (Å²) in [6, 6.07) is 4.29. The third-order valence-electron chi connectivity index (χ3n) is 4.27. The Balaban J connectivity index is 0.00000147. The highest BCUT2D eigenvalue weighted by Crippen LogP contribution is 2.32. The van der Waals surface area contributed by atoms with E-state index < -0.39 is 0 Å². The first-order valence-electron chi connectivity index (χ1n) is 7.24. The van der Waals surface area contributed by atoms with Gasteiger partial charge in [0.15, 0.2) is 0 Å². The van der Waals surface area contributed by atoms with Crippen LogP contribution in [0.1, 0.15) is 37.3 Å². The van der Waals surface area contributed by atoms with E-state index >= 15 is 0 Å². The van der Waals surface area contributed by atoms with E-state index in [4.69, 9.17) is 0 Å². The first-order chi connectivity index (χ1) is 9.34. The Bertz CT molecular complexity index is 434. The summed E-state index contributed by atoms with van der Waals surface area (Å²) < 4.78 is 0. The number of carbonyl (C=O) groups is 1. The minimum atomic E-state index is 0. The smallest absolute Gasteiger partial charge is 0.223 e. The molecule has 0 saturated carbocycles. The summed E-state index contributed by atoms with van der Waals surface area (Å²) >= 11 is 0. The van der Waals surface area contributed by atoms with Crippen LogP contribution >= 0.6 is 12.4 Å². The predicted octanol–water partition coefficient (Wildman–Crippen LogP) is 2.17. The van der Waals surface area contributed by atoms with Crippen LogP contribution in [0.4, 0.5) is 0 Å². The topological polar surface area (TPSA) is 45.2 Å². The average Bonchev–Trinajstić information content (AvgIpc) is 3.10. The van der Waals surface area contributed by atoms with E-state index in [9.17, 15) is 4.79 Å². The number of nitrogens with zero attached hydrogens (tertiary/aromatic N) is 2. The molecule has 20 heavy (non-hydrogen) atoms. The molecule has 2 aliphatic rings. The molecule has 110 valence electrons. The standard InChI is InChI=1S/C15H21N3O.ClH/c19-15(9-12-5-7-17-10-12)18-8-2-4-14(18)13-3-1-6-16-11-13;/h1,3,6,11-12,14,17H,2,4-5,7-10H2;1H. The van der Waals surface area contributed by atoms with Crippen LogP contribution in [0.15, 0.2) is 24.5 Å². The van der Waals surface area contributed by atoms with Crippen molar-refractivity contribution in [3.8, 4) is 0 Å². The highest BCUT2D eigenvalue weighted by molar-refractivity contribution is 5.85. The largest absolute Gasteiger partial charge is 0.336 e. The zero-order chi connectivity index (χ0) is 13.1. The number of hydrogen-bond donors (Lipinski definition) is 1. The van der Waals surface area contributed by atoms with Crippen molar-refractivity contribution in [1.29, 1.82) is 0 Å². The number of likely N-dealkylation sites (tertiary alicyclic amines) is 1. The van der Waals surface area contributed by atoms with Gasteiger partial charge < -0.3 is 10.2 Å². The Hall–Kier alpha value is -1.13. The minimum absolute atomic E-state index is 0. The van der Waals surface area contributed by atoms with E-state index in [-0.39, 0.29) is 18.4 Å². The molecule has 2 fully saturated rings. The van der Waals surface area contributed by atoms with Gasteiger partial charge in [0.1, 0.15) is 0 Å². The molecule has 2 saturated heterocycles. The van der Waals surface area contributed by atoms with Crippen LogP contribution in [0, 0.1) is 5.92 Å². The highest BCUT2D eigenvalue weighted by atomic mass is 35.5. The Morgan fingerprint density at radius 3 is 3.05 bits per heavy atom. The number of halogens is 1. The van der Waals surface area contributed by atoms with Gasteiger partial charge in [-0.1, -0.05) is 6.07 Å². The Morgan fingerprint density at radius 1 is 1.45 bits per heavy atom. The Kier molecular flexibility index (Phi) is 5.38. The first kappa shape index (κ1) is 15.3. The van der Waals surface area contributed by atoms with Gasteiger partial charge in [-0.15, -0.1) is 12.4 Å². The molecule has 0 bridgehead atoms. The van der Waals surface area contributed by atoms with Gasteiger partial charge in [-0.3, -0.25) is 9.78 Å². The number of hydrogen-bond acceptors (Lipinski definition) is 3. The summed E-state index contributed by atoms with van der Waals surface area (Å²) in [5, 5.41) is 3.33. The Labute approximate surface area is 126 Å². The summed E-state index contributed by atoms with van der Waals surface area (Å²) in [7, 11) is 0.